The van der Waals surface area contributed by atoms with E-state index in [4.69, 9.17) is 0 Å². The Bertz CT molecular complexity index is 475. The van der Waals surface area contributed by atoms with Crippen molar-refractivity contribution >= 4 is 5.57 Å². The minimum Gasteiger partial charge on any atom is -0.0694 e. The monoisotopic (exact) mass is 240 g/mol. The van der Waals surface area contributed by atoms with Crippen molar-refractivity contribution in [2.24, 2.45) is 11.8 Å². The van der Waals surface area contributed by atoms with E-state index < -0.39 is 0 Å². The van der Waals surface area contributed by atoms with Crippen LogP contribution in [0, 0.1) is 18.8 Å². The van der Waals surface area contributed by atoms with Gasteiger partial charge in [0.15, 0.2) is 0 Å². The smallest absolute Gasteiger partial charge is 0.0147 e. The standard InChI is InChI=1S/C18H24/c1-13(2)11-16-9-10-18(15(4)12-16)17-8-6-5-7-14(17)3/h5-10,13,15H,11-12H2,1-4H3. The van der Waals surface area contributed by atoms with Crippen LogP contribution in [0.4, 0.5) is 0 Å². The number of hydrogen-bond donors (Lipinski definition) is 0. The lowest BCUT2D eigenvalue weighted by molar-refractivity contribution is 0.596. The third-order valence-corrected chi connectivity index (χ3v) is 3.72. The minimum atomic E-state index is 0.643. The Morgan fingerprint density at radius 2 is 1.89 bits per heavy atom. The van der Waals surface area contributed by atoms with E-state index in [2.05, 4.69) is 64.1 Å². The zero-order valence-electron chi connectivity index (χ0n) is 12.0. The summed E-state index contributed by atoms with van der Waals surface area (Å²) < 4.78 is 0. The molecule has 0 aliphatic heterocycles. The topological polar surface area (TPSA) is 0 Å². The summed E-state index contributed by atoms with van der Waals surface area (Å²) in [7, 11) is 0. The van der Waals surface area contributed by atoms with Crippen LogP contribution in [-0.4, -0.2) is 0 Å². The molecule has 1 unspecified atom stereocenters. The van der Waals surface area contributed by atoms with E-state index in [0.29, 0.717) is 5.92 Å². The van der Waals surface area contributed by atoms with Crippen molar-refractivity contribution in [3.8, 4) is 0 Å². The van der Waals surface area contributed by atoms with Crippen molar-refractivity contribution in [2.75, 3.05) is 0 Å². The van der Waals surface area contributed by atoms with Crippen LogP contribution < -0.4 is 0 Å². The average Bonchev–Trinajstić information content (AvgIpc) is 2.30. The van der Waals surface area contributed by atoms with Gasteiger partial charge in [0.1, 0.15) is 0 Å². The van der Waals surface area contributed by atoms with E-state index in [1.165, 1.54) is 29.5 Å². The van der Waals surface area contributed by atoms with E-state index in [1.807, 2.05) is 0 Å². The van der Waals surface area contributed by atoms with Gasteiger partial charge in [-0.25, -0.2) is 0 Å². The molecule has 0 heteroatoms. The Hall–Kier alpha value is -1.30. The van der Waals surface area contributed by atoms with E-state index in [-0.39, 0.29) is 0 Å². The SMILES string of the molecule is Cc1ccccc1C1=CC=C(CC(C)C)CC1C. The Balaban J connectivity index is 2.27. The van der Waals surface area contributed by atoms with Gasteiger partial charge in [-0.2, -0.15) is 0 Å². The van der Waals surface area contributed by atoms with Crippen molar-refractivity contribution in [2.45, 2.75) is 40.5 Å². The van der Waals surface area contributed by atoms with Gasteiger partial charge in [-0.15, -0.1) is 0 Å². The Morgan fingerprint density at radius 1 is 1.17 bits per heavy atom. The number of allylic oxidation sites excluding steroid dienone is 4. The van der Waals surface area contributed by atoms with Crippen LogP contribution in [-0.2, 0) is 0 Å². The molecule has 0 amide bonds. The maximum absolute atomic E-state index is 2.35. The molecule has 0 heterocycles. The summed E-state index contributed by atoms with van der Waals surface area (Å²) in [5, 5.41) is 0. The molecular formula is C18H24. The van der Waals surface area contributed by atoms with Crippen LogP contribution >= 0.6 is 0 Å². The van der Waals surface area contributed by atoms with Gasteiger partial charge in [0.25, 0.3) is 0 Å². The van der Waals surface area contributed by atoms with Crippen molar-refractivity contribution in [3.63, 3.8) is 0 Å². The normalized spacial score (nSPS) is 19.7. The lowest BCUT2D eigenvalue weighted by atomic mass is 9.81. The molecule has 0 N–H and O–H groups in total. The molecule has 0 fully saturated rings. The molecule has 0 bridgehead atoms. The first-order chi connectivity index (χ1) is 8.58. The zero-order valence-corrected chi connectivity index (χ0v) is 12.0. The second kappa shape index (κ2) is 5.56. The molecule has 1 aliphatic rings. The fraction of sp³-hybridized carbons (Fsp3) is 0.444. The quantitative estimate of drug-likeness (QED) is 0.664. The highest BCUT2D eigenvalue weighted by atomic mass is 14.2. The molecule has 0 saturated carbocycles. The molecule has 0 nitrogen and oxygen atoms in total. The van der Waals surface area contributed by atoms with Crippen molar-refractivity contribution in [1.82, 2.24) is 0 Å². The number of hydrogen-bond acceptors (Lipinski definition) is 0. The largest absolute Gasteiger partial charge is 0.0694 e. The van der Waals surface area contributed by atoms with Gasteiger partial charge in [0.2, 0.25) is 0 Å². The minimum absolute atomic E-state index is 0.643. The second-order valence-electron chi connectivity index (χ2n) is 5.96. The highest BCUT2D eigenvalue weighted by Gasteiger charge is 2.17. The summed E-state index contributed by atoms with van der Waals surface area (Å²) in [6, 6.07) is 8.71. The van der Waals surface area contributed by atoms with Gasteiger partial charge in [-0.05, 0) is 48.3 Å². The molecule has 18 heavy (non-hydrogen) atoms. The Morgan fingerprint density at radius 3 is 2.50 bits per heavy atom. The Kier molecular flexibility index (Phi) is 4.06. The van der Waals surface area contributed by atoms with Crippen molar-refractivity contribution < 1.29 is 0 Å². The first-order valence-corrected chi connectivity index (χ1v) is 7.03. The van der Waals surface area contributed by atoms with Gasteiger partial charge in [0.05, 0.1) is 0 Å². The molecular weight excluding hydrogens is 216 g/mol. The number of benzene rings is 1. The molecule has 0 radical (unpaired) electrons. The summed E-state index contributed by atoms with van der Waals surface area (Å²) >= 11 is 0. The summed E-state index contributed by atoms with van der Waals surface area (Å²) in [4.78, 5) is 0. The lowest BCUT2D eigenvalue weighted by Gasteiger charge is -2.24. The molecule has 0 aromatic heterocycles. The van der Waals surface area contributed by atoms with E-state index >= 15 is 0 Å². The zero-order chi connectivity index (χ0) is 13.1. The van der Waals surface area contributed by atoms with Crippen LogP contribution in [0.15, 0.2) is 42.0 Å². The highest BCUT2D eigenvalue weighted by molar-refractivity contribution is 5.72. The first kappa shape index (κ1) is 13.1. The van der Waals surface area contributed by atoms with Gasteiger partial charge in [-0.1, -0.05) is 62.8 Å². The third kappa shape index (κ3) is 2.93. The van der Waals surface area contributed by atoms with Gasteiger partial charge in [0, 0.05) is 0 Å². The van der Waals surface area contributed by atoms with Crippen LogP contribution in [0.3, 0.4) is 0 Å². The number of rotatable bonds is 3. The van der Waals surface area contributed by atoms with Crippen molar-refractivity contribution in [1.29, 1.82) is 0 Å². The Labute approximate surface area is 111 Å². The fourth-order valence-electron chi connectivity index (χ4n) is 2.87. The molecule has 1 aliphatic carbocycles. The maximum Gasteiger partial charge on any atom is -0.0147 e. The van der Waals surface area contributed by atoms with Crippen LogP contribution in [0.2, 0.25) is 0 Å². The molecule has 1 aromatic rings. The fourth-order valence-corrected chi connectivity index (χ4v) is 2.87. The molecule has 1 aromatic carbocycles. The molecule has 1 atom stereocenters. The van der Waals surface area contributed by atoms with Gasteiger partial charge >= 0.3 is 0 Å². The summed E-state index contributed by atoms with van der Waals surface area (Å²) in [5.41, 5.74) is 5.91. The predicted octanol–water partition coefficient (Wildman–Crippen LogP) is 5.39. The molecule has 2 rings (SSSR count). The number of aryl methyl sites for hydroxylation is 1. The lowest BCUT2D eigenvalue weighted by Crippen LogP contribution is -2.07. The predicted molar refractivity (Wildman–Crippen MR) is 80.5 cm³/mol. The van der Waals surface area contributed by atoms with Crippen LogP contribution in [0.5, 0.6) is 0 Å². The summed E-state index contributed by atoms with van der Waals surface area (Å²) in [6.45, 7) is 9.15. The van der Waals surface area contributed by atoms with Gasteiger partial charge < -0.3 is 0 Å². The average molecular weight is 240 g/mol. The van der Waals surface area contributed by atoms with E-state index in [9.17, 15) is 0 Å². The molecule has 96 valence electrons. The van der Waals surface area contributed by atoms with E-state index in [1.54, 1.807) is 5.57 Å². The van der Waals surface area contributed by atoms with Crippen LogP contribution in [0.1, 0.15) is 44.7 Å². The second-order valence-corrected chi connectivity index (χ2v) is 5.96. The maximum atomic E-state index is 2.35. The summed E-state index contributed by atoms with van der Waals surface area (Å²) in [5.74, 6) is 1.40. The third-order valence-electron chi connectivity index (χ3n) is 3.72. The molecule has 0 saturated heterocycles. The molecule has 0 spiro atoms. The van der Waals surface area contributed by atoms with E-state index in [0.717, 1.165) is 5.92 Å². The van der Waals surface area contributed by atoms with Gasteiger partial charge in [-0.3, -0.25) is 0 Å². The summed E-state index contributed by atoms with van der Waals surface area (Å²) in [6.07, 6.45) is 7.15. The first-order valence-electron chi connectivity index (χ1n) is 7.03. The van der Waals surface area contributed by atoms with Crippen LogP contribution in [0.25, 0.3) is 5.57 Å². The highest BCUT2D eigenvalue weighted by Crippen LogP contribution is 2.35. The van der Waals surface area contributed by atoms with Crippen molar-refractivity contribution in [3.05, 3.63) is 53.1 Å².